The molecule has 2 saturated heterocycles. The van der Waals surface area contributed by atoms with E-state index in [9.17, 15) is 9.90 Å². The lowest BCUT2D eigenvalue weighted by molar-refractivity contribution is -0.119. The second-order valence-electron chi connectivity index (χ2n) is 9.13. The summed E-state index contributed by atoms with van der Waals surface area (Å²) in [5.41, 5.74) is 5.45. The molecule has 7 nitrogen and oxygen atoms in total. The summed E-state index contributed by atoms with van der Waals surface area (Å²) in [6, 6.07) is 0.523. The minimum absolute atomic E-state index is 0.0239. The van der Waals surface area contributed by atoms with Crippen LogP contribution in [-0.4, -0.2) is 89.9 Å². The van der Waals surface area contributed by atoms with E-state index in [0.29, 0.717) is 12.5 Å². The maximum Gasteiger partial charge on any atom is 0.219 e. The summed E-state index contributed by atoms with van der Waals surface area (Å²) >= 11 is 0. The number of nitrogens with one attached hydrogen (secondary N) is 2. The summed E-state index contributed by atoms with van der Waals surface area (Å²) < 4.78 is 0. The number of hydrogen-bond acceptors (Lipinski definition) is 6. The van der Waals surface area contributed by atoms with Gasteiger partial charge in [0.1, 0.15) is 0 Å². The Hall–Kier alpha value is -0.730. The first-order chi connectivity index (χ1) is 12.2. The standard InChI is InChI=1S/C19H39N5O2/c1-18(2,23-8-7-22-15(13-23)11-17(20)26)14-19(3,4)24-9-6-21-12-16(24)5-10-25/h15-16,21-22,25H,5-14H2,1-4H3,(H2,20,26)/t15-,16-/m1/s1. The van der Waals surface area contributed by atoms with E-state index in [1.54, 1.807) is 0 Å². The molecule has 7 heteroatoms. The Morgan fingerprint density at radius 2 is 1.92 bits per heavy atom. The van der Waals surface area contributed by atoms with Crippen LogP contribution in [0.2, 0.25) is 0 Å². The number of carbonyl (C=O) groups excluding carboxylic acids is 1. The van der Waals surface area contributed by atoms with Gasteiger partial charge in [0.15, 0.2) is 0 Å². The number of nitrogens with zero attached hydrogens (tertiary/aromatic N) is 2. The van der Waals surface area contributed by atoms with Crippen LogP contribution in [0.15, 0.2) is 0 Å². The predicted molar refractivity (Wildman–Crippen MR) is 105 cm³/mol. The normalized spacial score (nSPS) is 26.8. The predicted octanol–water partition coefficient (Wildman–Crippen LogP) is -0.261. The first-order valence-corrected chi connectivity index (χ1v) is 10.0. The van der Waals surface area contributed by atoms with Gasteiger partial charge in [0.2, 0.25) is 5.91 Å². The summed E-state index contributed by atoms with van der Waals surface area (Å²) in [5, 5.41) is 16.3. The molecule has 0 bridgehead atoms. The largest absolute Gasteiger partial charge is 0.396 e. The lowest BCUT2D eigenvalue weighted by atomic mass is 9.82. The van der Waals surface area contributed by atoms with Crippen molar-refractivity contribution in [2.75, 3.05) is 45.9 Å². The summed E-state index contributed by atoms with van der Waals surface area (Å²) in [4.78, 5) is 16.4. The molecule has 5 N–H and O–H groups in total. The van der Waals surface area contributed by atoms with E-state index in [1.807, 2.05) is 0 Å². The maximum absolute atomic E-state index is 11.3. The van der Waals surface area contributed by atoms with E-state index >= 15 is 0 Å². The fourth-order valence-electron chi connectivity index (χ4n) is 4.99. The van der Waals surface area contributed by atoms with Gasteiger partial charge in [-0.1, -0.05) is 0 Å². The van der Waals surface area contributed by atoms with E-state index in [-0.39, 0.29) is 29.6 Å². The number of primary amides is 1. The zero-order valence-electron chi connectivity index (χ0n) is 17.1. The Balaban J connectivity index is 2.04. The van der Waals surface area contributed by atoms with Crippen molar-refractivity contribution in [2.45, 2.75) is 70.1 Å². The lowest BCUT2D eigenvalue weighted by Crippen LogP contribution is -2.64. The molecule has 2 heterocycles. The third-order valence-corrected chi connectivity index (χ3v) is 6.01. The van der Waals surface area contributed by atoms with Gasteiger partial charge in [-0.05, 0) is 40.5 Å². The lowest BCUT2D eigenvalue weighted by Gasteiger charge is -2.52. The van der Waals surface area contributed by atoms with Gasteiger partial charge < -0.3 is 21.5 Å². The highest BCUT2D eigenvalue weighted by molar-refractivity contribution is 5.74. The van der Waals surface area contributed by atoms with Crippen molar-refractivity contribution in [1.82, 2.24) is 20.4 Å². The van der Waals surface area contributed by atoms with Crippen LogP contribution < -0.4 is 16.4 Å². The van der Waals surface area contributed by atoms with Crippen LogP contribution in [0, 0.1) is 0 Å². The minimum Gasteiger partial charge on any atom is -0.396 e. The Morgan fingerprint density at radius 3 is 2.58 bits per heavy atom. The number of amides is 1. The highest BCUT2D eigenvalue weighted by Crippen LogP contribution is 2.33. The Morgan fingerprint density at radius 1 is 1.19 bits per heavy atom. The quantitative estimate of drug-likeness (QED) is 0.471. The highest BCUT2D eigenvalue weighted by Gasteiger charge is 2.41. The Labute approximate surface area is 158 Å². The Bertz CT molecular complexity index is 467. The molecule has 2 aliphatic rings. The van der Waals surface area contributed by atoms with Gasteiger partial charge in [0, 0.05) is 75.5 Å². The van der Waals surface area contributed by atoms with Gasteiger partial charge in [-0.15, -0.1) is 0 Å². The third kappa shape index (κ3) is 5.63. The number of aliphatic hydroxyl groups is 1. The average Bonchev–Trinajstić information content (AvgIpc) is 2.54. The third-order valence-electron chi connectivity index (χ3n) is 6.01. The van der Waals surface area contributed by atoms with Crippen molar-refractivity contribution in [3.63, 3.8) is 0 Å². The second kappa shape index (κ2) is 8.97. The SMILES string of the molecule is CC(C)(CC(C)(C)N1CCNC[C@H]1CCO)N1CCN[C@H](CC(N)=O)C1. The van der Waals surface area contributed by atoms with E-state index in [1.165, 1.54) is 0 Å². The zero-order chi connectivity index (χ0) is 19.4. The molecule has 152 valence electrons. The van der Waals surface area contributed by atoms with Gasteiger partial charge in [-0.2, -0.15) is 0 Å². The molecule has 1 amide bonds. The summed E-state index contributed by atoms with van der Waals surface area (Å²) in [6.45, 7) is 15.2. The van der Waals surface area contributed by atoms with Crippen LogP contribution in [0.25, 0.3) is 0 Å². The Kier molecular flexibility index (Phi) is 7.44. The fraction of sp³-hybridized carbons (Fsp3) is 0.947. The number of hydrogen-bond donors (Lipinski definition) is 4. The molecule has 0 aromatic rings. The highest BCUT2D eigenvalue weighted by atomic mass is 16.3. The number of aliphatic hydroxyl groups excluding tert-OH is 1. The van der Waals surface area contributed by atoms with Gasteiger partial charge in [0.25, 0.3) is 0 Å². The van der Waals surface area contributed by atoms with Gasteiger partial charge in [-0.3, -0.25) is 14.6 Å². The molecular weight excluding hydrogens is 330 g/mol. The van der Waals surface area contributed by atoms with Crippen molar-refractivity contribution in [1.29, 1.82) is 0 Å². The van der Waals surface area contributed by atoms with Crippen LogP contribution in [0.5, 0.6) is 0 Å². The molecule has 26 heavy (non-hydrogen) atoms. The van der Waals surface area contributed by atoms with Gasteiger partial charge >= 0.3 is 0 Å². The maximum atomic E-state index is 11.3. The topological polar surface area (TPSA) is 93.9 Å². The number of nitrogens with two attached hydrogens (primary N) is 1. The molecule has 0 aromatic heterocycles. The molecule has 2 rings (SSSR count). The van der Waals surface area contributed by atoms with E-state index < -0.39 is 0 Å². The number of rotatable bonds is 8. The van der Waals surface area contributed by atoms with Crippen LogP contribution in [0.3, 0.4) is 0 Å². The number of carbonyl (C=O) groups is 1. The molecule has 0 radical (unpaired) electrons. The molecule has 0 aromatic carbocycles. The first-order valence-electron chi connectivity index (χ1n) is 10.0. The fourth-order valence-corrected chi connectivity index (χ4v) is 4.99. The van der Waals surface area contributed by atoms with Gasteiger partial charge in [-0.25, -0.2) is 0 Å². The molecule has 2 atom stereocenters. The van der Waals surface area contributed by atoms with Crippen molar-refractivity contribution in [3.05, 3.63) is 0 Å². The molecule has 0 aliphatic carbocycles. The van der Waals surface area contributed by atoms with Gasteiger partial charge in [0.05, 0.1) is 0 Å². The zero-order valence-corrected chi connectivity index (χ0v) is 17.1. The molecule has 0 unspecified atom stereocenters. The summed E-state index contributed by atoms with van der Waals surface area (Å²) in [6.07, 6.45) is 2.24. The van der Waals surface area contributed by atoms with E-state index in [4.69, 9.17) is 5.73 Å². The van der Waals surface area contributed by atoms with Crippen LogP contribution in [0.1, 0.15) is 47.0 Å². The van der Waals surface area contributed by atoms with E-state index in [2.05, 4.69) is 48.1 Å². The molecule has 2 aliphatic heterocycles. The van der Waals surface area contributed by atoms with E-state index in [0.717, 1.165) is 52.1 Å². The molecule has 0 saturated carbocycles. The molecule has 0 spiro atoms. The van der Waals surface area contributed by atoms with Crippen molar-refractivity contribution in [3.8, 4) is 0 Å². The van der Waals surface area contributed by atoms with Crippen molar-refractivity contribution >= 4 is 5.91 Å². The van der Waals surface area contributed by atoms with Crippen LogP contribution in [-0.2, 0) is 4.79 Å². The second-order valence-corrected chi connectivity index (χ2v) is 9.13. The van der Waals surface area contributed by atoms with Crippen molar-refractivity contribution < 1.29 is 9.90 Å². The monoisotopic (exact) mass is 369 g/mol. The van der Waals surface area contributed by atoms with Crippen LogP contribution in [0.4, 0.5) is 0 Å². The first kappa shape index (κ1) is 21.6. The average molecular weight is 370 g/mol. The summed E-state index contributed by atoms with van der Waals surface area (Å²) in [7, 11) is 0. The smallest absolute Gasteiger partial charge is 0.219 e. The minimum atomic E-state index is -0.241. The summed E-state index contributed by atoms with van der Waals surface area (Å²) in [5.74, 6) is -0.241. The van der Waals surface area contributed by atoms with Crippen LogP contribution >= 0.6 is 0 Å². The molecule has 2 fully saturated rings. The number of piperazine rings is 2. The molecular formula is C19H39N5O2. The van der Waals surface area contributed by atoms with Crippen molar-refractivity contribution in [2.24, 2.45) is 5.73 Å².